The molecule has 4 nitrogen and oxygen atoms in total. The lowest BCUT2D eigenvalue weighted by Gasteiger charge is -2.03. The molecule has 5 heteroatoms. The highest BCUT2D eigenvalue weighted by atomic mass is 35.5. The van der Waals surface area contributed by atoms with Crippen molar-refractivity contribution >= 4 is 17.4 Å². The molecule has 0 saturated heterocycles. The minimum Gasteiger partial charge on any atom is -0.292 e. The van der Waals surface area contributed by atoms with Gasteiger partial charge in [0.25, 0.3) is 0 Å². The molecule has 0 spiro atoms. The van der Waals surface area contributed by atoms with E-state index < -0.39 is 0 Å². The molecule has 0 unspecified atom stereocenters. The number of aryl methyl sites for hydroxylation is 3. The molecule has 2 aromatic rings. The smallest absolute Gasteiger partial charge is 0.187 e. The summed E-state index contributed by atoms with van der Waals surface area (Å²) in [6.45, 7) is 3.68. The van der Waals surface area contributed by atoms with Gasteiger partial charge in [-0.05, 0) is 26.0 Å². The molecule has 0 radical (unpaired) electrons. The van der Waals surface area contributed by atoms with Gasteiger partial charge in [-0.25, -0.2) is 0 Å². The number of ketones is 1. The fraction of sp³-hybridized carbons (Fsp3) is 0.308. The van der Waals surface area contributed by atoms with Crippen molar-refractivity contribution in [3.8, 4) is 0 Å². The van der Waals surface area contributed by atoms with Gasteiger partial charge in [-0.3, -0.25) is 14.5 Å². The van der Waals surface area contributed by atoms with Gasteiger partial charge in [-0.2, -0.15) is 5.10 Å². The van der Waals surface area contributed by atoms with Gasteiger partial charge in [-0.1, -0.05) is 17.7 Å². The number of nitrogens with zero attached hydrogens (tertiary/aromatic N) is 3. The molecule has 0 N–H and O–H groups in total. The summed E-state index contributed by atoms with van der Waals surface area (Å²) >= 11 is 6.12. The number of rotatable bonds is 3. The largest absolute Gasteiger partial charge is 0.292 e. The van der Waals surface area contributed by atoms with Gasteiger partial charge in [0.2, 0.25) is 0 Å². The second-order valence-corrected chi connectivity index (χ2v) is 4.61. The van der Waals surface area contributed by atoms with Crippen LogP contribution in [0, 0.1) is 13.8 Å². The summed E-state index contributed by atoms with van der Waals surface area (Å²) in [4.78, 5) is 16.3. The summed E-state index contributed by atoms with van der Waals surface area (Å²) in [6.07, 6.45) is 0.215. The van der Waals surface area contributed by atoms with E-state index in [0.29, 0.717) is 10.7 Å². The quantitative estimate of drug-likeness (QED) is 0.800. The third-order valence-electron chi connectivity index (χ3n) is 2.76. The number of carbonyl (C=O) groups excluding carboxylic acids is 1. The van der Waals surface area contributed by atoms with E-state index in [1.807, 2.05) is 26.0 Å². The first-order valence-corrected chi connectivity index (χ1v) is 6.01. The number of pyridine rings is 1. The van der Waals surface area contributed by atoms with E-state index in [0.717, 1.165) is 17.1 Å². The Labute approximate surface area is 111 Å². The molecular formula is C13H14ClN3O. The Morgan fingerprint density at radius 1 is 1.39 bits per heavy atom. The van der Waals surface area contributed by atoms with Gasteiger partial charge in [0.05, 0.1) is 22.8 Å². The summed E-state index contributed by atoms with van der Waals surface area (Å²) in [5.74, 6) is -0.0522. The summed E-state index contributed by atoms with van der Waals surface area (Å²) in [5, 5.41) is 4.74. The number of carbonyl (C=O) groups is 1. The van der Waals surface area contributed by atoms with Gasteiger partial charge in [-0.15, -0.1) is 0 Å². The van der Waals surface area contributed by atoms with Crippen LogP contribution in [-0.4, -0.2) is 20.5 Å². The normalized spacial score (nSPS) is 10.7. The molecule has 2 aromatic heterocycles. The minimum absolute atomic E-state index is 0.0522. The first kappa shape index (κ1) is 12.8. The summed E-state index contributed by atoms with van der Waals surface area (Å²) < 4.78 is 1.64. The molecule has 0 amide bonds. The van der Waals surface area contributed by atoms with E-state index in [9.17, 15) is 4.79 Å². The number of aromatic nitrogens is 3. The zero-order valence-corrected chi connectivity index (χ0v) is 11.3. The second-order valence-electron chi connectivity index (χ2n) is 4.23. The summed E-state index contributed by atoms with van der Waals surface area (Å²) in [5.41, 5.74) is 2.75. The highest BCUT2D eigenvalue weighted by Crippen LogP contribution is 2.20. The van der Waals surface area contributed by atoms with Crippen molar-refractivity contribution in [3.05, 3.63) is 46.0 Å². The molecule has 0 aliphatic carbocycles. The highest BCUT2D eigenvalue weighted by Gasteiger charge is 2.16. The topological polar surface area (TPSA) is 47.8 Å². The van der Waals surface area contributed by atoms with Crippen LogP contribution in [0.3, 0.4) is 0 Å². The van der Waals surface area contributed by atoms with Crippen molar-refractivity contribution in [2.45, 2.75) is 20.3 Å². The molecular weight excluding hydrogens is 250 g/mol. The minimum atomic E-state index is -0.0522. The predicted molar refractivity (Wildman–Crippen MR) is 70.0 cm³/mol. The Hall–Kier alpha value is -1.68. The molecule has 0 aliphatic heterocycles. The molecule has 0 bridgehead atoms. The average Bonchev–Trinajstić information content (AvgIpc) is 2.56. The lowest BCUT2D eigenvalue weighted by atomic mass is 10.1. The summed E-state index contributed by atoms with van der Waals surface area (Å²) in [6, 6.07) is 5.40. The van der Waals surface area contributed by atoms with Gasteiger partial charge in [0.1, 0.15) is 5.69 Å². The van der Waals surface area contributed by atoms with E-state index in [2.05, 4.69) is 10.1 Å². The molecule has 0 saturated carbocycles. The van der Waals surface area contributed by atoms with Crippen LogP contribution in [0.2, 0.25) is 5.02 Å². The Morgan fingerprint density at radius 3 is 2.67 bits per heavy atom. The highest BCUT2D eigenvalue weighted by molar-refractivity contribution is 6.32. The van der Waals surface area contributed by atoms with Crippen LogP contribution in [0.5, 0.6) is 0 Å². The predicted octanol–water partition coefficient (Wildman–Crippen LogP) is 2.51. The van der Waals surface area contributed by atoms with Gasteiger partial charge in [0, 0.05) is 12.7 Å². The van der Waals surface area contributed by atoms with Crippen LogP contribution in [0.15, 0.2) is 18.2 Å². The molecule has 2 rings (SSSR count). The van der Waals surface area contributed by atoms with Gasteiger partial charge >= 0.3 is 0 Å². The lowest BCUT2D eigenvalue weighted by molar-refractivity contribution is 0.0986. The van der Waals surface area contributed by atoms with Crippen molar-refractivity contribution < 1.29 is 4.79 Å². The van der Waals surface area contributed by atoms with Crippen molar-refractivity contribution in [2.75, 3.05) is 0 Å². The maximum Gasteiger partial charge on any atom is 0.187 e. The third-order valence-corrected chi connectivity index (χ3v) is 3.26. The van der Waals surface area contributed by atoms with Crippen LogP contribution >= 0.6 is 11.6 Å². The van der Waals surface area contributed by atoms with E-state index in [-0.39, 0.29) is 12.2 Å². The summed E-state index contributed by atoms with van der Waals surface area (Å²) in [7, 11) is 1.78. The van der Waals surface area contributed by atoms with E-state index in [4.69, 9.17) is 11.6 Å². The van der Waals surface area contributed by atoms with Crippen molar-refractivity contribution in [2.24, 2.45) is 7.05 Å². The van der Waals surface area contributed by atoms with E-state index >= 15 is 0 Å². The standard InChI is InChI=1S/C13H14ClN3O/c1-8-5-4-6-10(15-8)12(18)7-11-13(14)9(2)16-17(11)3/h4-6H,7H2,1-3H3. The molecule has 0 fully saturated rings. The monoisotopic (exact) mass is 263 g/mol. The molecule has 94 valence electrons. The SMILES string of the molecule is Cc1cccc(C(=O)Cc2c(Cl)c(C)nn2C)n1. The number of hydrogen-bond acceptors (Lipinski definition) is 3. The molecule has 0 aromatic carbocycles. The van der Waals surface area contributed by atoms with Crippen LogP contribution in [0.4, 0.5) is 0 Å². The lowest BCUT2D eigenvalue weighted by Crippen LogP contribution is -2.10. The Morgan fingerprint density at radius 2 is 2.11 bits per heavy atom. The van der Waals surface area contributed by atoms with E-state index in [1.165, 1.54) is 0 Å². The van der Waals surface area contributed by atoms with Crippen LogP contribution < -0.4 is 0 Å². The molecule has 18 heavy (non-hydrogen) atoms. The number of halogens is 1. The first-order valence-electron chi connectivity index (χ1n) is 5.64. The average molecular weight is 264 g/mol. The maximum atomic E-state index is 12.1. The van der Waals surface area contributed by atoms with Crippen LogP contribution in [0.25, 0.3) is 0 Å². The Bertz CT molecular complexity index is 604. The number of Topliss-reactive ketones (excluding diaryl/α,β-unsaturated/α-hetero) is 1. The van der Waals surface area contributed by atoms with Crippen molar-refractivity contribution in [1.82, 2.24) is 14.8 Å². The third kappa shape index (κ3) is 2.43. The molecule has 0 aliphatic rings. The fourth-order valence-corrected chi connectivity index (χ4v) is 2.04. The zero-order chi connectivity index (χ0) is 13.3. The van der Waals surface area contributed by atoms with Gasteiger partial charge in [0.15, 0.2) is 5.78 Å². The van der Waals surface area contributed by atoms with Crippen molar-refractivity contribution in [3.63, 3.8) is 0 Å². The maximum absolute atomic E-state index is 12.1. The Kier molecular flexibility index (Phi) is 3.48. The van der Waals surface area contributed by atoms with Gasteiger partial charge < -0.3 is 0 Å². The number of hydrogen-bond donors (Lipinski definition) is 0. The van der Waals surface area contributed by atoms with Crippen LogP contribution in [-0.2, 0) is 13.5 Å². The van der Waals surface area contributed by atoms with Crippen molar-refractivity contribution in [1.29, 1.82) is 0 Å². The zero-order valence-electron chi connectivity index (χ0n) is 10.6. The van der Waals surface area contributed by atoms with Crippen LogP contribution in [0.1, 0.15) is 27.6 Å². The second kappa shape index (κ2) is 4.90. The molecule has 0 atom stereocenters. The Balaban J connectivity index is 2.27. The molecule has 2 heterocycles. The fourth-order valence-electron chi connectivity index (χ4n) is 1.81. The first-order chi connectivity index (χ1) is 8.49. The van der Waals surface area contributed by atoms with E-state index in [1.54, 1.807) is 17.8 Å².